The summed E-state index contributed by atoms with van der Waals surface area (Å²) in [5, 5.41) is 12.6. The van der Waals surface area contributed by atoms with Crippen LogP contribution < -0.4 is 0 Å². The minimum Gasteiger partial charge on any atom is -0.508 e. The van der Waals surface area contributed by atoms with Gasteiger partial charge >= 0.3 is 0 Å². The first-order chi connectivity index (χ1) is 10.1. The Hall–Kier alpha value is -1.58. The molecule has 21 heavy (non-hydrogen) atoms. The fourth-order valence-electron chi connectivity index (χ4n) is 2.67. The number of fused-ring (bicyclic) bond motifs is 1. The van der Waals surface area contributed by atoms with Gasteiger partial charge < -0.3 is 10.0 Å². The van der Waals surface area contributed by atoms with Crippen LogP contribution in [0, 0.1) is 0 Å². The minimum absolute atomic E-state index is 0.403. The van der Waals surface area contributed by atoms with Gasteiger partial charge in [0.25, 0.3) is 0 Å². The molecule has 0 aromatic heterocycles. The summed E-state index contributed by atoms with van der Waals surface area (Å²) in [4.78, 5) is 4.61. The number of rotatable bonds is 7. The van der Waals surface area contributed by atoms with Gasteiger partial charge in [-0.3, -0.25) is 4.90 Å². The SMILES string of the molecule is CCN(CCCN(C)C)Cc1c(O)ccc2ccccc12. The van der Waals surface area contributed by atoms with Crippen molar-refractivity contribution in [3.8, 4) is 5.75 Å². The molecule has 0 amide bonds. The Morgan fingerprint density at radius 2 is 1.76 bits per heavy atom. The summed E-state index contributed by atoms with van der Waals surface area (Å²) >= 11 is 0. The molecule has 0 radical (unpaired) electrons. The largest absolute Gasteiger partial charge is 0.508 e. The van der Waals surface area contributed by atoms with Crippen LogP contribution in [0.25, 0.3) is 10.8 Å². The fraction of sp³-hybridized carbons (Fsp3) is 0.444. The molecule has 0 bridgehead atoms. The number of phenols is 1. The third kappa shape index (κ3) is 4.19. The molecule has 0 aliphatic rings. The van der Waals surface area contributed by atoms with Gasteiger partial charge in [-0.2, -0.15) is 0 Å². The van der Waals surface area contributed by atoms with Gasteiger partial charge in [0, 0.05) is 12.1 Å². The standard InChI is InChI=1S/C18H26N2O/c1-4-20(13-7-12-19(2)3)14-17-16-9-6-5-8-15(16)10-11-18(17)21/h5-6,8-11,21H,4,7,12-14H2,1-3H3. The van der Waals surface area contributed by atoms with Crippen LogP contribution in [0.1, 0.15) is 18.9 Å². The van der Waals surface area contributed by atoms with Crippen LogP contribution in [0.5, 0.6) is 5.75 Å². The topological polar surface area (TPSA) is 26.7 Å². The molecule has 2 aromatic carbocycles. The summed E-state index contributed by atoms with van der Waals surface area (Å²) in [5.74, 6) is 0.403. The van der Waals surface area contributed by atoms with Gasteiger partial charge in [-0.1, -0.05) is 37.3 Å². The Morgan fingerprint density at radius 1 is 1.00 bits per heavy atom. The Kier molecular flexibility index (Phi) is 5.59. The average Bonchev–Trinajstić information content (AvgIpc) is 2.48. The zero-order valence-corrected chi connectivity index (χ0v) is 13.3. The van der Waals surface area contributed by atoms with E-state index in [-0.39, 0.29) is 0 Å². The third-order valence-corrected chi connectivity index (χ3v) is 3.92. The first-order valence-corrected chi connectivity index (χ1v) is 7.68. The average molecular weight is 286 g/mol. The van der Waals surface area contributed by atoms with E-state index in [1.807, 2.05) is 24.3 Å². The van der Waals surface area contributed by atoms with Crippen molar-refractivity contribution in [2.75, 3.05) is 33.7 Å². The Bertz CT molecular complexity index is 580. The Balaban J connectivity index is 2.15. The molecule has 114 valence electrons. The summed E-state index contributed by atoms with van der Waals surface area (Å²) < 4.78 is 0. The van der Waals surface area contributed by atoms with Gasteiger partial charge in [-0.15, -0.1) is 0 Å². The van der Waals surface area contributed by atoms with E-state index in [1.165, 1.54) is 5.39 Å². The van der Waals surface area contributed by atoms with Crippen LogP contribution in [-0.2, 0) is 6.54 Å². The molecule has 0 saturated heterocycles. The highest BCUT2D eigenvalue weighted by atomic mass is 16.3. The zero-order valence-electron chi connectivity index (χ0n) is 13.3. The van der Waals surface area contributed by atoms with E-state index in [0.29, 0.717) is 5.75 Å². The van der Waals surface area contributed by atoms with Crippen LogP contribution in [0.15, 0.2) is 36.4 Å². The summed E-state index contributed by atoms with van der Waals surface area (Å²) in [6, 6.07) is 12.1. The number of hydrogen-bond donors (Lipinski definition) is 1. The predicted molar refractivity (Wildman–Crippen MR) is 89.7 cm³/mol. The maximum atomic E-state index is 10.2. The first kappa shape index (κ1) is 15.8. The van der Waals surface area contributed by atoms with Crippen LogP contribution in [0.2, 0.25) is 0 Å². The molecule has 1 N–H and O–H groups in total. The van der Waals surface area contributed by atoms with E-state index in [0.717, 1.165) is 43.5 Å². The maximum Gasteiger partial charge on any atom is 0.120 e. The summed E-state index contributed by atoms with van der Waals surface area (Å²) in [7, 11) is 4.21. The van der Waals surface area contributed by atoms with Gasteiger partial charge in [0.05, 0.1) is 0 Å². The van der Waals surface area contributed by atoms with Crippen molar-refractivity contribution in [1.82, 2.24) is 9.80 Å². The zero-order chi connectivity index (χ0) is 15.2. The second kappa shape index (κ2) is 7.43. The highest BCUT2D eigenvalue weighted by Crippen LogP contribution is 2.28. The fourth-order valence-corrected chi connectivity index (χ4v) is 2.67. The van der Waals surface area contributed by atoms with Gasteiger partial charge in [0.15, 0.2) is 0 Å². The molecule has 2 rings (SSSR count). The lowest BCUT2D eigenvalue weighted by atomic mass is 10.0. The van der Waals surface area contributed by atoms with Crippen molar-refractivity contribution in [1.29, 1.82) is 0 Å². The third-order valence-electron chi connectivity index (χ3n) is 3.92. The molecule has 0 heterocycles. The molecular weight excluding hydrogens is 260 g/mol. The Labute approximate surface area is 127 Å². The lowest BCUT2D eigenvalue weighted by Gasteiger charge is -2.23. The molecule has 0 aliphatic carbocycles. The normalized spacial score (nSPS) is 11.7. The van der Waals surface area contributed by atoms with Crippen molar-refractivity contribution in [2.24, 2.45) is 0 Å². The lowest BCUT2D eigenvalue weighted by Crippen LogP contribution is -2.27. The molecule has 3 heteroatoms. The summed E-state index contributed by atoms with van der Waals surface area (Å²) in [5.41, 5.74) is 1.04. The van der Waals surface area contributed by atoms with Gasteiger partial charge in [0.1, 0.15) is 5.75 Å². The monoisotopic (exact) mass is 286 g/mol. The van der Waals surface area contributed by atoms with E-state index in [9.17, 15) is 5.11 Å². The van der Waals surface area contributed by atoms with Crippen molar-refractivity contribution in [3.63, 3.8) is 0 Å². The maximum absolute atomic E-state index is 10.2. The predicted octanol–water partition coefficient (Wildman–Crippen LogP) is 3.32. The second-order valence-electron chi connectivity index (χ2n) is 5.81. The van der Waals surface area contributed by atoms with Crippen molar-refractivity contribution in [3.05, 3.63) is 42.0 Å². The van der Waals surface area contributed by atoms with Crippen LogP contribution in [0.4, 0.5) is 0 Å². The van der Waals surface area contributed by atoms with Crippen LogP contribution >= 0.6 is 0 Å². The summed E-state index contributed by atoms with van der Waals surface area (Å²) in [6.07, 6.45) is 1.15. The molecule has 0 saturated carbocycles. The molecule has 0 spiro atoms. The number of phenolic OH excluding ortho intramolecular Hbond substituents is 1. The van der Waals surface area contributed by atoms with Gasteiger partial charge in [-0.05, 0) is 57.0 Å². The van der Waals surface area contributed by atoms with Crippen molar-refractivity contribution >= 4 is 10.8 Å². The van der Waals surface area contributed by atoms with E-state index in [4.69, 9.17) is 0 Å². The highest BCUT2D eigenvalue weighted by molar-refractivity contribution is 5.87. The van der Waals surface area contributed by atoms with Crippen molar-refractivity contribution < 1.29 is 5.11 Å². The van der Waals surface area contributed by atoms with E-state index in [1.54, 1.807) is 0 Å². The highest BCUT2D eigenvalue weighted by Gasteiger charge is 2.11. The smallest absolute Gasteiger partial charge is 0.120 e. The van der Waals surface area contributed by atoms with Crippen molar-refractivity contribution in [2.45, 2.75) is 19.9 Å². The molecule has 0 unspecified atom stereocenters. The van der Waals surface area contributed by atoms with Crippen LogP contribution in [0.3, 0.4) is 0 Å². The number of nitrogens with zero attached hydrogens (tertiary/aromatic N) is 2. The lowest BCUT2D eigenvalue weighted by molar-refractivity contribution is 0.257. The first-order valence-electron chi connectivity index (χ1n) is 7.68. The number of aromatic hydroxyl groups is 1. The molecule has 3 nitrogen and oxygen atoms in total. The summed E-state index contributed by atoms with van der Waals surface area (Å²) in [6.45, 7) is 6.13. The van der Waals surface area contributed by atoms with E-state index < -0.39 is 0 Å². The molecule has 0 atom stereocenters. The number of hydrogen-bond acceptors (Lipinski definition) is 3. The second-order valence-corrected chi connectivity index (χ2v) is 5.81. The quantitative estimate of drug-likeness (QED) is 0.846. The molecule has 0 aliphatic heterocycles. The molecular formula is C18H26N2O. The van der Waals surface area contributed by atoms with Gasteiger partial charge in [0.2, 0.25) is 0 Å². The Morgan fingerprint density at radius 3 is 2.48 bits per heavy atom. The van der Waals surface area contributed by atoms with Crippen LogP contribution in [-0.4, -0.2) is 48.6 Å². The number of benzene rings is 2. The van der Waals surface area contributed by atoms with Gasteiger partial charge in [-0.25, -0.2) is 0 Å². The van der Waals surface area contributed by atoms with E-state index >= 15 is 0 Å². The molecule has 2 aromatic rings. The molecule has 0 fully saturated rings. The minimum atomic E-state index is 0.403. The van der Waals surface area contributed by atoms with E-state index in [2.05, 4.69) is 43.0 Å².